The normalized spacial score (nSPS) is 14.9. The first-order valence-corrected chi connectivity index (χ1v) is 3.96. The smallest absolute Gasteiger partial charge is 0.322 e. The molecule has 0 aliphatic carbocycles. The van der Waals surface area contributed by atoms with Gasteiger partial charge >= 0.3 is 11.9 Å². The molecule has 0 aromatic rings. The number of hydrogen-bond donors (Lipinski definition) is 4. The number of nitrogens with two attached hydrogens (primary N) is 1. The summed E-state index contributed by atoms with van der Waals surface area (Å²) < 4.78 is 0. The van der Waals surface area contributed by atoms with E-state index in [0.717, 1.165) is 0 Å². The highest BCUT2D eigenvalue weighted by Gasteiger charge is 2.31. The van der Waals surface area contributed by atoms with E-state index in [1.54, 1.807) is 6.92 Å². The van der Waals surface area contributed by atoms with Crippen molar-refractivity contribution in [2.45, 2.75) is 25.8 Å². The topological polar surface area (TPSA) is 113 Å². The van der Waals surface area contributed by atoms with Crippen LogP contribution in [0.4, 0.5) is 0 Å². The first kappa shape index (κ1) is 11.9. The van der Waals surface area contributed by atoms with Crippen molar-refractivity contribution in [3.05, 3.63) is 0 Å². The molecule has 0 rings (SSSR count). The van der Waals surface area contributed by atoms with Crippen molar-refractivity contribution in [1.82, 2.24) is 5.43 Å². The van der Waals surface area contributed by atoms with Gasteiger partial charge in [0.2, 0.25) is 0 Å². The Morgan fingerprint density at radius 1 is 1.38 bits per heavy atom. The highest BCUT2D eigenvalue weighted by molar-refractivity contribution is 5.82. The molecular weight excluding hydrogens is 176 g/mol. The second kappa shape index (κ2) is 5.50. The van der Waals surface area contributed by atoms with Gasteiger partial charge in [0, 0.05) is 0 Å². The van der Waals surface area contributed by atoms with Crippen molar-refractivity contribution in [3.8, 4) is 0 Å². The van der Waals surface area contributed by atoms with Crippen LogP contribution in [0.3, 0.4) is 0 Å². The first-order chi connectivity index (χ1) is 6.04. The summed E-state index contributed by atoms with van der Waals surface area (Å²) in [5, 5.41) is 17.3. The summed E-state index contributed by atoms with van der Waals surface area (Å²) in [7, 11) is 0. The molecule has 6 heteroatoms. The molecule has 0 aromatic carbocycles. The Balaban J connectivity index is 4.48. The molecule has 0 unspecified atom stereocenters. The van der Waals surface area contributed by atoms with Crippen LogP contribution in [0.15, 0.2) is 0 Å². The zero-order valence-electron chi connectivity index (χ0n) is 7.36. The summed E-state index contributed by atoms with van der Waals surface area (Å²) in [5.41, 5.74) is 1.99. The third kappa shape index (κ3) is 3.39. The second-order valence-electron chi connectivity index (χ2n) is 2.72. The van der Waals surface area contributed by atoms with Gasteiger partial charge in [-0.1, -0.05) is 13.3 Å². The molecule has 0 saturated heterocycles. The predicted octanol–water partition coefficient (Wildman–Crippen LogP) is -0.596. The van der Waals surface area contributed by atoms with Crippen LogP contribution in [0.5, 0.6) is 0 Å². The van der Waals surface area contributed by atoms with E-state index >= 15 is 0 Å². The standard InChI is InChI=1S/C7H14N2O4/c1-2-3-4(6(10)11)5(9-8)7(12)13/h4-5,9H,2-3,8H2,1H3,(H,10,11)(H,12,13)/t4-,5-/m0/s1. The molecule has 5 N–H and O–H groups in total. The average Bonchev–Trinajstić information content (AvgIpc) is 2.03. The summed E-state index contributed by atoms with van der Waals surface area (Å²) in [6.45, 7) is 1.78. The van der Waals surface area contributed by atoms with E-state index in [9.17, 15) is 9.59 Å². The zero-order chi connectivity index (χ0) is 10.4. The molecule has 2 atom stereocenters. The van der Waals surface area contributed by atoms with Gasteiger partial charge in [-0.05, 0) is 6.42 Å². The molecule has 6 nitrogen and oxygen atoms in total. The molecule has 0 spiro atoms. The highest BCUT2D eigenvalue weighted by atomic mass is 16.4. The maximum atomic E-state index is 10.6. The summed E-state index contributed by atoms with van der Waals surface area (Å²) in [4.78, 5) is 21.2. The van der Waals surface area contributed by atoms with Crippen LogP contribution in [0, 0.1) is 5.92 Å². The van der Waals surface area contributed by atoms with Crippen LogP contribution >= 0.6 is 0 Å². The zero-order valence-corrected chi connectivity index (χ0v) is 7.36. The van der Waals surface area contributed by atoms with E-state index in [1.165, 1.54) is 0 Å². The van der Waals surface area contributed by atoms with Gasteiger partial charge < -0.3 is 10.2 Å². The van der Waals surface area contributed by atoms with Crippen LogP contribution in [-0.2, 0) is 9.59 Å². The van der Waals surface area contributed by atoms with Crippen LogP contribution in [-0.4, -0.2) is 28.2 Å². The van der Waals surface area contributed by atoms with Gasteiger partial charge in [0.05, 0.1) is 5.92 Å². The van der Waals surface area contributed by atoms with Crippen molar-refractivity contribution in [3.63, 3.8) is 0 Å². The van der Waals surface area contributed by atoms with E-state index < -0.39 is 23.9 Å². The second-order valence-corrected chi connectivity index (χ2v) is 2.72. The third-order valence-electron chi connectivity index (χ3n) is 1.76. The van der Waals surface area contributed by atoms with Crippen LogP contribution < -0.4 is 11.3 Å². The van der Waals surface area contributed by atoms with E-state index in [0.29, 0.717) is 6.42 Å². The quantitative estimate of drug-likeness (QED) is 0.329. The molecule has 0 amide bonds. The minimum Gasteiger partial charge on any atom is -0.481 e. The Kier molecular flexibility index (Phi) is 5.01. The maximum Gasteiger partial charge on any atom is 0.322 e. The summed E-state index contributed by atoms with van der Waals surface area (Å²) in [6, 6.07) is -1.22. The highest BCUT2D eigenvalue weighted by Crippen LogP contribution is 2.11. The van der Waals surface area contributed by atoms with E-state index in [2.05, 4.69) is 0 Å². The number of carboxylic acids is 2. The Morgan fingerprint density at radius 3 is 2.15 bits per heavy atom. The van der Waals surface area contributed by atoms with E-state index in [1.807, 2.05) is 5.43 Å². The van der Waals surface area contributed by atoms with Crippen molar-refractivity contribution < 1.29 is 19.8 Å². The van der Waals surface area contributed by atoms with Crippen LogP contribution in [0.2, 0.25) is 0 Å². The summed E-state index contributed by atoms with van der Waals surface area (Å²) >= 11 is 0. The number of hydrogen-bond acceptors (Lipinski definition) is 4. The van der Waals surface area contributed by atoms with E-state index in [-0.39, 0.29) is 6.42 Å². The Bertz CT molecular complexity index is 195. The fourth-order valence-corrected chi connectivity index (χ4v) is 1.10. The fourth-order valence-electron chi connectivity index (χ4n) is 1.10. The van der Waals surface area contributed by atoms with Gasteiger partial charge in [0.15, 0.2) is 0 Å². The third-order valence-corrected chi connectivity index (χ3v) is 1.76. The molecule has 0 fully saturated rings. The molecular formula is C7H14N2O4. The number of nitrogens with one attached hydrogen (secondary N) is 1. The predicted molar refractivity (Wildman–Crippen MR) is 44.8 cm³/mol. The van der Waals surface area contributed by atoms with Gasteiger partial charge in [-0.25, -0.2) is 5.43 Å². The van der Waals surface area contributed by atoms with E-state index in [4.69, 9.17) is 16.1 Å². The lowest BCUT2D eigenvalue weighted by molar-refractivity contribution is -0.151. The van der Waals surface area contributed by atoms with Gasteiger partial charge in [-0.3, -0.25) is 15.4 Å². The van der Waals surface area contributed by atoms with Crippen molar-refractivity contribution in [2.24, 2.45) is 11.8 Å². The molecule has 0 heterocycles. The van der Waals surface area contributed by atoms with Gasteiger partial charge in [0.1, 0.15) is 6.04 Å². The Morgan fingerprint density at radius 2 is 1.92 bits per heavy atom. The van der Waals surface area contributed by atoms with Crippen molar-refractivity contribution in [1.29, 1.82) is 0 Å². The van der Waals surface area contributed by atoms with Gasteiger partial charge in [-0.15, -0.1) is 0 Å². The van der Waals surface area contributed by atoms with Gasteiger partial charge in [0.25, 0.3) is 0 Å². The minimum absolute atomic E-state index is 0.288. The number of rotatable bonds is 6. The number of aliphatic carboxylic acids is 2. The lowest BCUT2D eigenvalue weighted by Crippen LogP contribution is -2.49. The lowest BCUT2D eigenvalue weighted by atomic mass is 9.95. The molecule has 0 bridgehead atoms. The molecule has 0 aliphatic rings. The Labute approximate surface area is 75.7 Å². The molecule has 0 aromatic heterocycles. The molecule has 0 saturated carbocycles. The number of carbonyl (C=O) groups is 2. The lowest BCUT2D eigenvalue weighted by Gasteiger charge is -2.18. The van der Waals surface area contributed by atoms with Gasteiger partial charge in [-0.2, -0.15) is 0 Å². The van der Waals surface area contributed by atoms with Crippen molar-refractivity contribution >= 4 is 11.9 Å². The summed E-state index contributed by atoms with van der Waals surface area (Å²) in [6.07, 6.45) is 0.888. The molecule has 76 valence electrons. The number of hydrazine groups is 1. The van der Waals surface area contributed by atoms with Crippen molar-refractivity contribution in [2.75, 3.05) is 0 Å². The average molecular weight is 190 g/mol. The monoisotopic (exact) mass is 190 g/mol. The fraction of sp³-hybridized carbons (Fsp3) is 0.714. The largest absolute Gasteiger partial charge is 0.481 e. The molecule has 0 radical (unpaired) electrons. The van der Waals surface area contributed by atoms with Crippen LogP contribution in [0.25, 0.3) is 0 Å². The molecule has 13 heavy (non-hydrogen) atoms. The van der Waals surface area contributed by atoms with Crippen LogP contribution in [0.1, 0.15) is 19.8 Å². The summed E-state index contributed by atoms with van der Waals surface area (Å²) in [5.74, 6) is 1.58. The SMILES string of the molecule is CCC[C@H](C(=O)O)[C@H](NN)C(=O)O. The minimum atomic E-state index is -1.25. The maximum absolute atomic E-state index is 10.6. The Hall–Kier alpha value is -1.14. The molecule has 0 aliphatic heterocycles. The first-order valence-electron chi connectivity index (χ1n) is 3.96. The number of carboxylic acid groups (broad SMARTS) is 2.